The highest BCUT2D eigenvalue weighted by atomic mass is 19.2. The first kappa shape index (κ1) is 28.0. The van der Waals surface area contributed by atoms with Gasteiger partial charge in [-0.25, -0.2) is 13.2 Å². The van der Waals surface area contributed by atoms with Crippen LogP contribution in [-0.4, -0.2) is 40.7 Å². The Bertz CT molecular complexity index is 1760. The Kier molecular flexibility index (Phi) is 8.19. The smallest absolute Gasteiger partial charge is 0.271 e. The van der Waals surface area contributed by atoms with Gasteiger partial charge in [0.1, 0.15) is 36.1 Å². The number of anilines is 2. The molecule has 1 aromatic heterocycles. The van der Waals surface area contributed by atoms with Crippen LogP contribution in [0.2, 0.25) is 0 Å². The number of benzene rings is 4. The van der Waals surface area contributed by atoms with Gasteiger partial charge in [-0.2, -0.15) is 0 Å². The van der Waals surface area contributed by atoms with E-state index in [1.807, 2.05) is 0 Å². The fourth-order valence-corrected chi connectivity index (χ4v) is 4.16. The predicted octanol–water partition coefficient (Wildman–Crippen LogP) is 6.10. The van der Waals surface area contributed by atoms with Gasteiger partial charge in [0.25, 0.3) is 5.91 Å². The molecule has 0 aliphatic carbocycles. The quantitative estimate of drug-likeness (QED) is 0.199. The number of ether oxygens (including phenoxy) is 1. The Balaban J connectivity index is 1.29. The van der Waals surface area contributed by atoms with Crippen LogP contribution in [0.5, 0.6) is 11.5 Å². The van der Waals surface area contributed by atoms with Gasteiger partial charge in [-0.05, 0) is 60.7 Å². The summed E-state index contributed by atoms with van der Waals surface area (Å²) < 4.78 is 46.3. The molecule has 42 heavy (non-hydrogen) atoms. The number of hydrogen-bond acceptors (Lipinski definition) is 4. The zero-order valence-corrected chi connectivity index (χ0v) is 21.9. The van der Waals surface area contributed by atoms with Crippen LogP contribution in [0.25, 0.3) is 10.9 Å². The van der Waals surface area contributed by atoms with Crippen LogP contribution < -0.4 is 15.4 Å². The summed E-state index contributed by atoms with van der Waals surface area (Å²) >= 11 is 0. The first-order valence-corrected chi connectivity index (χ1v) is 12.7. The number of carbonyl (C=O) groups excluding carboxylic acids is 3. The van der Waals surface area contributed by atoms with Crippen LogP contribution in [0, 0.1) is 17.5 Å². The summed E-state index contributed by atoms with van der Waals surface area (Å²) in [6.07, 6.45) is 0. The van der Waals surface area contributed by atoms with Crippen molar-refractivity contribution in [2.75, 3.05) is 23.7 Å². The SMILES string of the molecule is O=C(CN(CC(=O)Nc1ccc(Oc2ccc(F)c(F)c2)cc1)C(=O)c1cc2cccc(F)c2[nH]1)Nc1ccccc1. The molecule has 0 aliphatic heterocycles. The number of carbonyl (C=O) groups is 3. The number of aromatic amines is 1. The number of H-pyrrole nitrogens is 1. The third-order valence-corrected chi connectivity index (χ3v) is 6.11. The highest BCUT2D eigenvalue weighted by Gasteiger charge is 2.24. The molecule has 4 aromatic carbocycles. The maximum absolute atomic E-state index is 14.2. The second-order valence-corrected chi connectivity index (χ2v) is 9.21. The molecular formula is C31H23F3N4O4. The molecule has 8 nitrogen and oxygen atoms in total. The Morgan fingerprint density at radius 1 is 0.667 bits per heavy atom. The second-order valence-electron chi connectivity index (χ2n) is 9.21. The first-order chi connectivity index (χ1) is 20.2. The van der Waals surface area contributed by atoms with E-state index in [9.17, 15) is 27.6 Å². The van der Waals surface area contributed by atoms with Gasteiger partial charge in [0.05, 0.1) is 5.52 Å². The molecule has 5 rings (SSSR count). The summed E-state index contributed by atoms with van der Waals surface area (Å²) in [6, 6.07) is 23.6. The van der Waals surface area contributed by atoms with Crippen molar-refractivity contribution in [2.24, 2.45) is 0 Å². The number of fused-ring (bicyclic) bond motifs is 1. The summed E-state index contributed by atoms with van der Waals surface area (Å²) in [5.41, 5.74) is 1.00. The lowest BCUT2D eigenvalue weighted by Crippen LogP contribution is -2.42. The molecule has 0 radical (unpaired) electrons. The lowest BCUT2D eigenvalue weighted by Gasteiger charge is -2.21. The van der Waals surface area contributed by atoms with Crippen LogP contribution in [0.1, 0.15) is 10.5 Å². The summed E-state index contributed by atoms with van der Waals surface area (Å²) in [4.78, 5) is 42.9. The van der Waals surface area contributed by atoms with Crippen LogP contribution in [0.15, 0.2) is 97.1 Å². The molecule has 212 valence electrons. The number of aromatic nitrogens is 1. The minimum absolute atomic E-state index is 0.00847. The molecule has 0 fully saturated rings. The normalized spacial score (nSPS) is 10.7. The molecule has 0 bridgehead atoms. The number of halogens is 3. The van der Waals surface area contributed by atoms with Gasteiger partial charge in [0, 0.05) is 22.8 Å². The van der Waals surface area contributed by atoms with E-state index in [1.54, 1.807) is 36.4 Å². The Hall–Kier alpha value is -5.58. The van der Waals surface area contributed by atoms with Crippen molar-refractivity contribution in [1.29, 1.82) is 0 Å². The van der Waals surface area contributed by atoms with Crippen molar-refractivity contribution < 1.29 is 32.3 Å². The fourth-order valence-electron chi connectivity index (χ4n) is 4.16. The third kappa shape index (κ3) is 6.76. The van der Waals surface area contributed by atoms with Gasteiger partial charge >= 0.3 is 0 Å². The molecule has 3 N–H and O–H groups in total. The van der Waals surface area contributed by atoms with Crippen molar-refractivity contribution >= 4 is 40.0 Å². The summed E-state index contributed by atoms with van der Waals surface area (Å²) in [6.45, 7) is -0.952. The minimum atomic E-state index is -1.05. The highest BCUT2D eigenvalue weighted by molar-refractivity contribution is 6.04. The van der Waals surface area contributed by atoms with E-state index in [4.69, 9.17) is 4.74 Å². The Morgan fingerprint density at radius 2 is 1.31 bits per heavy atom. The van der Waals surface area contributed by atoms with E-state index in [0.717, 1.165) is 17.0 Å². The molecule has 3 amide bonds. The maximum Gasteiger partial charge on any atom is 0.271 e. The zero-order chi connectivity index (χ0) is 29.6. The van der Waals surface area contributed by atoms with E-state index in [0.29, 0.717) is 22.5 Å². The largest absolute Gasteiger partial charge is 0.457 e. The Labute approximate surface area is 237 Å². The lowest BCUT2D eigenvalue weighted by molar-refractivity contribution is -0.119. The van der Waals surface area contributed by atoms with Crippen molar-refractivity contribution in [3.8, 4) is 11.5 Å². The maximum atomic E-state index is 14.2. The molecule has 0 unspecified atom stereocenters. The van der Waals surface area contributed by atoms with Crippen LogP contribution in [-0.2, 0) is 9.59 Å². The van der Waals surface area contributed by atoms with E-state index in [-0.39, 0.29) is 17.0 Å². The molecule has 11 heteroatoms. The van der Waals surface area contributed by atoms with Gasteiger partial charge < -0.3 is 25.3 Å². The summed E-state index contributed by atoms with van der Waals surface area (Å²) in [7, 11) is 0. The molecule has 0 saturated heterocycles. The molecule has 0 spiro atoms. The number of nitrogens with one attached hydrogen (secondary N) is 3. The second kappa shape index (κ2) is 12.3. The van der Waals surface area contributed by atoms with Crippen molar-refractivity contribution in [3.63, 3.8) is 0 Å². The first-order valence-electron chi connectivity index (χ1n) is 12.7. The van der Waals surface area contributed by atoms with Crippen molar-refractivity contribution in [2.45, 2.75) is 0 Å². The van der Waals surface area contributed by atoms with Gasteiger partial charge in [-0.15, -0.1) is 0 Å². The summed E-state index contributed by atoms with van der Waals surface area (Å²) in [5.74, 6) is -4.03. The number of para-hydroxylation sites is 2. The average Bonchev–Trinajstić information content (AvgIpc) is 3.42. The van der Waals surface area contributed by atoms with Crippen LogP contribution in [0.4, 0.5) is 24.5 Å². The Morgan fingerprint density at radius 3 is 1.95 bits per heavy atom. The zero-order valence-electron chi connectivity index (χ0n) is 21.9. The standard InChI is InChI=1S/C31H23F3N4O4/c32-24-14-13-23(16-26(24)34)42-22-11-9-21(10-12-22)36-29(40)18-38(17-28(39)35-20-6-2-1-3-7-20)31(41)27-15-19-5-4-8-25(33)30(19)37-27/h1-16,37H,17-18H2,(H,35,39)(H,36,40). The molecule has 5 aromatic rings. The number of hydrogen-bond donors (Lipinski definition) is 3. The third-order valence-electron chi connectivity index (χ3n) is 6.11. The number of amides is 3. The number of nitrogens with zero attached hydrogens (tertiary/aromatic N) is 1. The van der Waals surface area contributed by atoms with Crippen molar-refractivity contribution in [3.05, 3.63) is 120 Å². The molecule has 0 aliphatic rings. The van der Waals surface area contributed by atoms with E-state index >= 15 is 0 Å². The lowest BCUT2D eigenvalue weighted by atomic mass is 10.2. The molecule has 0 saturated carbocycles. The molecule has 1 heterocycles. The topological polar surface area (TPSA) is 104 Å². The van der Waals surface area contributed by atoms with Crippen LogP contribution >= 0.6 is 0 Å². The summed E-state index contributed by atoms with van der Waals surface area (Å²) in [5, 5.41) is 5.78. The van der Waals surface area contributed by atoms with Gasteiger partial charge in [-0.3, -0.25) is 14.4 Å². The van der Waals surface area contributed by atoms with Gasteiger partial charge in [0.2, 0.25) is 11.8 Å². The monoisotopic (exact) mass is 572 g/mol. The molecule has 0 atom stereocenters. The fraction of sp³-hybridized carbons (Fsp3) is 0.0645. The van der Waals surface area contributed by atoms with Gasteiger partial charge in [0.15, 0.2) is 11.6 Å². The van der Waals surface area contributed by atoms with Gasteiger partial charge in [-0.1, -0.05) is 30.3 Å². The highest BCUT2D eigenvalue weighted by Crippen LogP contribution is 2.25. The van der Waals surface area contributed by atoms with Crippen LogP contribution in [0.3, 0.4) is 0 Å². The van der Waals surface area contributed by atoms with E-state index in [2.05, 4.69) is 15.6 Å². The van der Waals surface area contributed by atoms with E-state index < -0.39 is 48.3 Å². The number of rotatable bonds is 9. The van der Waals surface area contributed by atoms with E-state index in [1.165, 1.54) is 48.5 Å². The average molecular weight is 573 g/mol. The predicted molar refractivity (Wildman–Crippen MR) is 151 cm³/mol. The minimum Gasteiger partial charge on any atom is -0.457 e. The van der Waals surface area contributed by atoms with Crippen molar-refractivity contribution in [1.82, 2.24) is 9.88 Å². The molecular weight excluding hydrogens is 549 g/mol.